The molecule has 0 fully saturated rings. The molecule has 13 heteroatoms. The van der Waals surface area contributed by atoms with Crippen LogP contribution in [0.5, 0.6) is 0 Å². The van der Waals surface area contributed by atoms with Gasteiger partial charge >= 0.3 is 6.18 Å². The zero-order valence-electron chi connectivity index (χ0n) is 24.0. The van der Waals surface area contributed by atoms with Crippen LogP contribution >= 0.6 is 23.2 Å². The molecule has 0 heterocycles. The molecule has 3 aromatic carbocycles. The van der Waals surface area contributed by atoms with Gasteiger partial charge < -0.3 is 10.2 Å². The second-order valence-electron chi connectivity index (χ2n) is 10.1. The Hall–Kier alpha value is -3.28. The van der Waals surface area contributed by atoms with Gasteiger partial charge in [0.1, 0.15) is 12.6 Å². The maximum Gasteiger partial charge on any atom is 0.416 e. The lowest BCUT2D eigenvalue weighted by atomic mass is 10.1. The summed E-state index contributed by atoms with van der Waals surface area (Å²) in [5, 5.41) is 3.21. The number of hydrogen-bond acceptors (Lipinski definition) is 4. The van der Waals surface area contributed by atoms with Gasteiger partial charge in [0.05, 0.1) is 16.1 Å². The number of sulfonamides is 1. The van der Waals surface area contributed by atoms with E-state index in [0.717, 1.165) is 22.6 Å². The summed E-state index contributed by atoms with van der Waals surface area (Å²) >= 11 is 12.7. The fraction of sp³-hybridized carbons (Fsp3) is 0.333. The zero-order chi connectivity index (χ0) is 32.1. The number of halogens is 5. The summed E-state index contributed by atoms with van der Waals surface area (Å²) in [5.74, 6) is -1.38. The van der Waals surface area contributed by atoms with Crippen molar-refractivity contribution in [2.45, 2.75) is 63.8 Å². The predicted octanol–water partition coefficient (Wildman–Crippen LogP) is 6.85. The van der Waals surface area contributed by atoms with Gasteiger partial charge in [-0.3, -0.25) is 13.9 Å². The largest absolute Gasteiger partial charge is 0.416 e. The Kier molecular flexibility index (Phi) is 11.1. The molecule has 0 aliphatic rings. The minimum Gasteiger partial charge on any atom is -0.352 e. The monoisotopic (exact) mass is 657 g/mol. The summed E-state index contributed by atoms with van der Waals surface area (Å²) in [5.41, 5.74) is -0.405. The van der Waals surface area contributed by atoms with Crippen LogP contribution in [0.4, 0.5) is 18.9 Å². The van der Waals surface area contributed by atoms with Crippen LogP contribution in [0.2, 0.25) is 10.0 Å². The Labute approximate surface area is 259 Å². The van der Waals surface area contributed by atoms with E-state index < -0.39 is 46.2 Å². The molecular formula is C30H32Cl2F3N3O4S. The molecule has 0 saturated heterocycles. The van der Waals surface area contributed by atoms with Crippen molar-refractivity contribution in [3.05, 3.63) is 93.5 Å². The highest BCUT2D eigenvalue weighted by Gasteiger charge is 2.35. The summed E-state index contributed by atoms with van der Waals surface area (Å²) in [6.07, 6.45) is -4.16. The van der Waals surface area contributed by atoms with E-state index in [-0.39, 0.29) is 33.2 Å². The number of anilines is 1. The first-order valence-electron chi connectivity index (χ1n) is 13.4. The fourth-order valence-corrected chi connectivity index (χ4v) is 6.03. The first kappa shape index (κ1) is 34.2. The third-order valence-electron chi connectivity index (χ3n) is 6.91. The van der Waals surface area contributed by atoms with Gasteiger partial charge in [-0.05, 0) is 69.7 Å². The molecule has 0 bridgehead atoms. The highest BCUT2D eigenvalue weighted by Crippen LogP contribution is 2.34. The molecule has 1 N–H and O–H groups in total. The maximum atomic E-state index is 14.0. The molecule has 232 valence electrons. The van der Waals surface area contributed by atoms with E-state index in [1.807, 2.05) is 6.92 Å². The quantitative estimate of drug-likeness (QED) is 0.244. The molecule has 7 nitrogen and oxygen atoms in total. The van der Waals surface area contributed by atoms with E-state index in [2.05, 4.69) is 5.32 Å². The maximum absolute atomic E-state index is 14.0. The molecule has 0 radical (unpaired) electrons. The Bertz CT molecular complexity index is 1550. The molecule has 0 saturated carbocycles. The lowest BCUT2D eigenvalue weighted by molar-refractivity contribution is -0.139. The molecule has 3 rings (SSSR count). The Morgan fingerprint density at radius 1 is 0.953 bits per heavy atom. The Morgan fingerprint density at radius 2 is 1.53 bits per heavy atom. The molecule has 0 spiro atoms. The van der Waals surface area contributed by atoms with Crippen molar-refractivity contribution in [3.8, 4) is 0 Å². The fourth-order valence-electron chi connectivity index (χ4n) is 4.11. The van der Waals surface area contributed by atoms with Gasteiger partial charge in [0.25, 0.3) is 10.0 Å². The average Bonchev–Trinajstić information content (AvgIpc) is 2.95. The third kappa shape index (κ3) is 8.43. The smallest absolute Gasteiger partial charge is 0.352 e. The Morgan fingerprint density at radius 3 is 2.09 bits per heavy atom. The summed E-state index contributed by atoms with van der Waals surface area (Å²) in [6.45, 7) is 5.67. The van der Waals surface area contributed by atoms with Crippen molar-refractivity contribution >= 4 is 50.7 Å². The number of nitrogens with one attached hydrogen (secondary N) is 1. The number of amides is 2. The predicted molar refractivity (Wildman–Crippen MR) is 162 cm³/mol. The molecule has 2 atom stereocenters. The minimum absolute atomic E-state index is 0.210. The van der Waals surface area contributed by atoms with Gasteiger partial charge in [-0.15, -0.1) is 0 Å². The molecule has 0 unspecified atom stereocenters. The van der Waals surface area contributed by atoms with Crippen molar-refractivity contribution in [2.75, 3.05) is 10.8 Å². The highest BCUT2D eigenvalue weighted by atomic mass is 35.5. The van der Waals surface area contributed by atoms with E-state index in [1.165, 1.54) is 37.3 Å². The van der Waals surface area contributed by atoms with E-state index in [0.29, 0.717) is 22.4 Å². The zero-order valence-corrected chi connectivity index (χ0v) is 26.3. The second kappa shape index (κ2) is 14.0. The average molecular weight is 659 g/mol. The number of rotatable bonds is 11. The van der Waals surface area contributed by atoms with Gasteiger partial charge in [-0.25, -0.2) is 8.42 Å². The van der Waals surface area contributed by atoms with Crippen molar-refractivity contribution in [2.24, 2.45) is 0 Å². The van der Waals surface area contributed by atoms with Crippen molar-refractivity contribution in [1.29, 1.82) is 0 Å². The van der Waals surface area contributed by atoms with Crippen molar-refractivity contribution in [1.82, 2.24) is 10.2 Å². The van der Waals surface area contributed by atoms with Crippen LogP contribution < -0.4 is 9.62 Å². The standard InChI is InChI=1S/C30H32Cl2F3N3O4S/c1-5-20(3)36-29(40)21(4)37(17-25-26(31)10-7-11-27(25)32)28(39)18-38(23-9-6-8-22(16-23)30(33,34)35)43(41,42)24-14-12-19(2)13-15-24/h6-16,20-21H,5,17-18H2,1-4H3,(H,36,40)/t20-,21-/m1/s1. The van der Waals surface area contributed by atoms with Gasteiger partial charge in [0.15, 0.2) is 0 Å². The second-order valence-corrected chi connectivity index (χ2v) is 12.8. The van der Waals surface area contributed by atoms with Crippen LogP contribution in [0.3, 0.4) is 0 Å². The van der Waals surface area contributed by atoms with Gasteiger partial charge in [-0.2, -0.15) is 13.2 Å². The van der Waals surface area contributed by atoms with Gasteiger partial charge in [-0.1, -0.05) is 60.0 Å². The van der Waals surface area contributed by atoms with Crippen LogP contribution in [0.1, 0.15) is 43.9 Å². The molecule has 0 aliphatic heterocycles. The first-order chi connectivity index (χ1) is 20.1. The Balaban J connectivity index is 2.13. The summed E-state index contributed by atoms with van der Waals surface area (Å²) in [6, 6.07) is 12.7. The number of alkyl halides is 3. The lowest BCUT2D eigenvalue weighted by Gasteiger charge is -2.33. The van der Waals surface area contributed by atoms with Crippen molar-refractivity contribution < 1.29 is 31.2 Å². The molecular weight excluding hydrogens is 626 g/mol. The van der Waals surface area contributed by atoms with Gasteiger partial charge in [0, 0.05) is 28.2 Å². The summed E-state index contributed by atoms with van der Waals surface area (Å²) in [7, 11) is -4.55. The van der Waals surface area contributed by atoms with Crippen LogP contribution in [0.25, 0.3) is 0 Å². The van der Waals surface area contributed by atoms with Crippen LogP contribution in [-0.4, -0.2) is 43.8 Å². The first-order valence-corrected chi connectivity index (χ1v) is 15.5. The normalized spacial score (nSPS) is 13.2. The molecule has 0 aromatic heterocycles. The molecule has 0 aliphatic carbocycles. The number of carbonyl (C=O) groups is 2. The SMILES string of the molecule is CC[C@@H](C)NC(=O)[C@@H](C)N(Cc1c(Cl)cccc1Cl)C(=O)CN(c1cccc(C(F)(F)F)c1)S(=O)(=O)c1ccc(C)cc1. The van der Waals surface area contributed by atoms with E-state index in [4.69, 9.17) is 23.2 Å². The molecule has 3 aromatic rings. The van der Waals surface area contributed by atoms with E-state index >= 15 is 0 Å². The summed E-state index contributed by atoms with van der Waals surface area (Å²) < 4.78 is 69.2. The number of aryl methyl sites for hydroxylation is 1. The van der Waals surface area contributed by atoms with E-state index in [9.17, 15) is 31.2 Å². The van der Waals surface area contributed by atoms with Crippen molar-refractivity contribution in [3.63, 3.8) is 0 Å². The molecule has 2 amide bonds. The third-order valence-corrected chi connectivity index (χ3v) is 9.40. The lowest BCUT2D eigenvalue weighted by Crippen LogP contribution is -2.52. The number of carbonyl (C=O) groups excluding carboxylic acids is 2. The number of nitrogens with zero attached hydrogens (tertiary/aromatic N) is 2. The topological polar surface area (TPSA) is 86.8 Å². The van der Waals surface area contributed by atoms with Gasteiger partial charge in [0.2, 0.25) is 11.8 Å². The van der Waals surface area contributed by atoms with E-state index in [1.54, 1.807) is 32.0 Å². The highest BCUT2D eigenvalue weighted by molar-refractivity contribution is 7.92. The van der Waals surface area contributed by atoms with Crippen LogP contribution in [-0.2, 0) is 32.3 Å². The van der Waals surface area contributed by atoms with Crippen LogP contribution in [0.15, 0.2) is 71.6 Å². The molecule has 43 heavy (non-hydrogen) atoms. The minimum atomic E-state index is -4.77. The number of benzene rings is 3. The van der Waals surface area contributed by atoms with Crippen LogP contribution in [0, 0.1) is 6.92 Å². The summed E-state index contributed by atoms with van der Waals surface area (Å²) in [4.78, 5) is 28.0. The number of hydrogen-bond donors (Lipinski definition) is 1.